The van der Waals surface area contributed by atoms with Crippen LogP contribution in [0.1, 0.15) is 18.4 Å². The first-order valence-corrected chi connectivity index (χ1v) is 6.62. The Morgan fingerprint density at radius 1 is 1.50 bits per heavy atom. The van der Waals surface area contributed by atoms with Crippen molar-refractivity contribution in [3.63, 3.8) is 0 Å². The molecule has 86 valence electrons. The molecule has 0 aliphatic carbocycles. The summed E-state index contributed by atoms with van der Waals surface area (Å²) in [6.45, 7) is 4.81. The molecular formula is C8H12N6S2. The van der Waals surface area contributed by atoms with Crippen LogP contribution in [0, 0.1) is 6.92 Å². The van der Waals surface area contributed by atoms with E-state index in [-0.39, 0.29) is 0 Å². The Hall–Kier alpha value is -1.15. The van der Waals surface area contributed by atoms with Crippen LogP contribution in [-0.2, 0) is 5.75 Å². The van der Waals surface area contributed by atoms with Gasteiger partial charge in [-0.25, -0.2) is 4.98 Å². The molecule has 0 aliphatic rings. The van der Waals surface area contributed by atoms with E-state index in [0.29, 0.717) is 0 Å². The SMILES string of the molecule is CCNc1snnc1CSc1n[nH]c(C)n1. The van der Waals surface area contributed by atoms with E-state index < -0.39 is 0 Å². The average molecular weight is 256 g/mol. The average Bonchev–Trinajstić information content (AvgIpc) is 2.85. The fourth-order valence-corrected chi connectivity index (χ4v) is 2.64. The Labute approximate surface area is 101 Å². The molecule has 0 bridgehead atoms. The van der Waals surface area contributed by atoms with Gasteiger partial charge in [0.05, 0.1) is 0 Å². The molecule has 0 fully saturated rings. The van der Waals surface area contributed by atoms with Crippen molar-refractivity contribution in [3.05, 3.63) is 11.5 Å². The Kier molecular flexibility index (Phi) is 3.73. The first kappa shape index (κ1) is 11.3. The molecule has 0 aliphatic heterocycles. The molecule has 2 rings (SSSR count). The Balaban J connectivity index is 1.96. The van der Waals surface area contributed by atoms with Crippen LogP contribution in [0.4, 0.5) is 5.00 Å². The highest BCUT2D eigenvalue weighted by Crippen LogP contribution is 2.25. The van der Waals surface area contributed by atoms with Gasteiger partial charge in [0, 0.05) is 23.8 Å². The van der Waals surface area contributed by atoms with Gasteiger partial charge in [0.25, 0.3) is 0 Å². The standard InChI is InChI=1S/C8H12N6S2/c1-3-9-7-6(12-14-16-7)4-15-8-10-5(2)11-13-8/h9H,3-4H2,1-2H3,(H,10,11,13). The first-order chi connectivity index (χ1) is 7.79. The third kappa shape index (κ3) is 2.70. The van der Waals surface area contributed by atoms with Crippen LogP contribution in [-0.4, -0.2) is 31.3 Å². The zero-order valence-corrected chi connectivity index (χ0v) is 10.7. The molecule has 0 atom stereocenters. The summed E-state index contributed by atoms with van der Waals surface area (Å²) in [5, 5.41) is 15.9. The van der Waals surface area contributed by atoms with Crippen LogP contribution in [0.15, 0.2) is 5.16 Å². The van der Waals surface area contributed by atoms with Gasteiger partial charge in [-0.1, -0.05) is 16.3 Å². The summed E-state index contributed by atoms with van der Waals surface area (Å²) in [5.74, 6) is 1.56. The maximum atomic E-state index is 4.22. The molecule has 0 unspecified atom stereocenters. The molecule has 0 saturated carbocycles. The van der Waals surface area contributed by atoms with Crippen molar-refractivity contribution in [3.8, 4) is 0 Å². The van der Waals surface area contributed by atoms with Crippen LogP contribution in [0.2, 0.25) is 0 Å². The van der Waals surface area contributed by atoms with E-state index in [0.717, 1.165) is 34.0 Å². The van der Waals surface area contributed by atoms with Crippen molar-refractivity contribution in [2.45, 2.75) is 24.8 Å². The second-order valence-electron chi connectivity index (χ2n) is 3.07. The van der Waals surface area contributed by atoms with E-state index in [1.165, 1.54) is 11.5 Å². The smallest absolute Gasteiger partial charge is 0.208 e. The zero-order valence-electron chi connectivity index (χ0n) is 9.02. The van der Waals surface area contributed by atoms with E-state index in [1.807, 2.05) is 6.92 Å². The van der Waals surface area contributed by atoms with Gasteiger partial charge in [-0.05, 0) is 13.8 Å². The van der Waals surface area contributed by atoms with Gasteiger partial charge in [0.2, 0.25) is 5.16 Å². The van der Waals surface area contributed by atoms with Gasteiger partial charge in [0.15, 0.2) is 0 Å². The minimum absolute atomic E-state index is 0.732. The van der Waals surface area contributed by atoms with Gasteiger partial charge < -0.3 is 5.32 Å². The number of nitrogens with one attached hydrogen (secondary N) is 2. The molecule has 2 N–H and O–H groups in total. The third-order valence-electron chi connectivity index (χ3n) is 1.81. The van der Waals surface area contributed by atoms with Gasteiger partial charge >= 0.3 is 0 Å². The molecule has 8 heteroatoms. The fourth-order valence-electron chi connectivity index (χ4n) is 1.12. The third-order valence-corrected chi connectivity index (χ3v) is 3.39. The number of H-pyrrole nitrogens is 1. The summed E-state index contributed by atoms with van der Waals surface area (Å²) < 4.78 is 3.93. The number of anilines is 1. The molecular weight excluding hydrogens is 244 g/mol. The van der Waals surface area contributed by atoms with Crippen molar-refractivity contribution < 1.29 is 0 Å². The van der Waals surface area contributed by atoms with Crippen LogP contribution in [0.25, 0.3) is 0 Å². The van der Waals surface area contributed by atoms with Gasteiger partial charge in [0.1, 0.15) is 16.5 Å². The van der Waals surface area contributed by atoms with Crippen molar-refractivity contribution in [1.29, 1.82) is 0 Å². The molecule has 0 spiro atoms. The molecule has 6 nitrogen and oxygen atoms in total. The zero-order chi connectivity index (χ0) is 11.4. The Morgan fingerprint density at radius 2 is 2.38 bits per heavy atom. The molecule has 0 radical (unpaired) electrons. The monoisotopic (exact) mass is 256 g/mol. The highest BCUT2D eigenvalue weighted by molar-refractivity contribution is 7.98. The molecule has 2 aromatic rings. The summed E-state index contributed by atoms with van der Waals surface area (Å²) in [6, 6.07) is 0. The highest BCUT2D eigenvalue weighted by Gasteiger charge is 2.09. The van der Waals surface area contributed by atoms with Crippen molar-refractivity contribution in [2.75, 3.05) is 11.9 Å². The molecule has 0 aromatic carbocycles. The van der Waals surface area contributed by atoms with Crippen LogP contribution in [0.5, 0.6) is 0 Å². The maximum absolute atomic E-state index is 4.22. The van der Waals surface area contributed by atoms with Crippen molar-refractivity contribution in [2.24, 2.45) is 0 Å². The molecule has 2 heterocycles. The lowest BCUT2D eigenvalue weighted by Gasteiger charge is -1.99. The largest absolute Gasteiger partial charge is 0.374 e. The van der Waals surface area contributed by atoms with Gasteiger partial charge in [-0.3, -0.25) is 5.10 Å². The number of aryl methyl sites for hydroxylation is 1. The van der Waals surface area contributed by atoms with E-state index in [9.17, 15) is 0 Å². The summed E-state index contributed by atoms with van der Waals surface area (Å²) in [7, 11) is 0. The minimum atomic E-state index is 0.732. The first-order valence-electron chi connectivity index (χ1n) is 4.86. The van der Waals surface area contributed by atoms with E-state index >= 15 is 0 Å². The number of rotatable bonds is 5. The number of hydrogen-bond donors (Lipinski definition) is 2. The van der Waals surface area contributed by atoms with Gasteiger partial charge in [-0.15, -0.1) is 10.2 Å². The highest BCUT2D eigenvalue weighted by atomic mass is 32.2. The van der Waals surface area contributed by atoms with Crippen LogP contribution >= 0.6 is 23.3 Å². The molecule has 2 aromatic heterocycles. The predicted molar refractivity (Wildman–Crippen MR) is 64.8 cm³/mol. The lowest BCUT2D eigenvalue weighted by atomic mass is 10.5. The normalized spacial score (nSPS) is 10.6. The van der Waals surface area contributed by atoms with Crippen LogP contribution in [0.3, 0.4) is 0 Å². The summed E-state index contributed by atoms with van der Waals surface area (Å²) in [5.41, 5.74) is 0.958. The van der Waals surface area contributed by atoms with Crippen molar-refractivity contribution in [1.82, 2.24) is 24.8 Å². The second kappa shape index (κ2) is 5.26. The lowest BCUT2D eigenvalue weighted by Crippen LogP contribution is -1.97. The quantitative estimate of drug-likeness (QED) is 0.792. The number of thioether (sulfide) groups is 1. The topological polar surface area (TPSA) is 79.4 Å². The summed E-state index contributed by atoms with van der Waals surface area (Å²) in [4.78, 5) is 4.22. The second-order valence-corrected chi connectivity index (χ2v) is 4.77. The summed E-state index contributed by atoms with van der Waals surface area (Å²) >= 11 is 2.93. The summed E-state index contributed by atoms with van der Waals surface area (Å²) in [6.07, 6.45) is 0. The minimum Gasteiger partial charge on any atom is -0.374 e. The Bertz CT molecular complexity index is 451. The molecule has 0 amide bonds. The van der Waals surface area contributed by atoms with Crippen molar-refractivity contribution >= 4 is 28.3 Å². The number of hydrogen-bond acceptors (Lipinski definition) is 7. The lowest BCUT2D eigenvalue weighted by molar-refractivity contribution is 0.966. The fraction of sp³-hybridized carbons (Fsp3) is 0.500. The maximum Gasteiger partial charge on any atom is 0.208 e. The van der Waals surface area contributed by atoms with Gasteiger partial charge in [-0.2, -0.15) is 0 Å². The van der Waals surface area contributed by atoms with E-state index in [1.54, 1.807) is 11.8 Å². The van der Waals surface area contributed by atoms with E-state index in [4.69, 9.17) is 0 Å². The number of nitrogens with zero attached hydrogens (tertiary/aromatic N) is 4. The number of aromatic nitrogens is 5. The van der Waals surface area contributed by atoms with E-state index in [2.05, 4.69) is 37.0 Å². The predicted octanol–water partition coefficient (Wildman–Crippen LogP) is 1.69. The van der Waals surface area contributed by atoms with Crippen LogP contribution < -0.4 is 5.32 Å². The molecule has 0 saturated heterocycles. The Morgan fingerprint density at radius 3 is 3.06 bits per heavy atom. The number of aromatic amines is 1. The molecule has 16 heavy (non-hydrogen) atoms.